The minimum Gasteiger partial charge on any atom is -0.383 e. The van der Waals surface area contributed by atoms with Crippen molar-refractivity contribution in [3.8, 4) is 11.3 Å². The van der Waals surface area contributed by atoms with Gasteiger partial charge in [-0.3, -0.25) is 9.20 Å². The fourth-order valence-electron chi connectivity index (χ4n) is 3.55. The number of imidazole rings is 1. The first-order valence-electron chi connectivity index (χ1n) is 10.4. The van der Waals surface area contributed by atoms with Gasteiger partial charge in [0.15, 0.2) is 4.96 Å². The van der Waals surface area contributed by atoms with Crippen molar-refractivity contribution in [2.45, 2.75) is 12.6 Å². The lowest BCUT2D eigenvalue weighted by Crippen LogP contribution is -2.36. The predicted octanol–water partition coefficient (Wildman–Crippen LogP) is 6.07. The summed E-state index contributed by atoms with van der Waals surface area (Å²) in [5.41, 5.74) is 1.84. The average Bonchev–Trinajstić information content (AvgIpc) is 3.40. The maximum Gasteiger partial charge on any atom is 0.416 e. The van der Waals surface area contributed by atoms with Crippen molar-refractivity contribution in [3.05, 3.63) is 82.0 Å². The molecule has 2 aromatic heterocycles. The Morgan fingerprint density at radius 3 is 2.65 bits per heavy atom. The number of rotatable bonds is 8. The Balaban J connectivity index is 1.53. The third kappa shape index (κ3) is 5.43. The molecule has 0 aliphatic carbocycles. The summed E-state index contributed by atoms with van der Waals surface area (Å²) < 4.78 is 46.4. The zero-order chi connectivity index (χ0) is 24.3. The Bertz CT molecular complexity index is 1280. The standard InChI is InChI=1S/C24H21ClF3N3O2S/c1-33-12-11-30(22(32)17-3-2-4-18(13-17)24(26,27)28)10-9-20-15-34-23-29-21(14-31(20)23)16-5-7-19(25)8-6-16/h2-8,13-15H,9-12H2,1H3. The quantitative estimate of drug-likeness (QED) is 0.291. The fraction of sp³-hybridized carbons (Fsp3) is 0.250. The van der Waals surface area contributed by atoms with Gasteiger partial charge in [-0.1, -0.05) is 29.8 Å². The number of hydrogen-bond acceptors (Lipinski definition) is 4. The summed E-state index contributed by atoms with van der Waals surface area (Å²) in [5, 5.41) is 2.61. The van der Waals surface area contributed by atoms with E-state index in [1.807, 2.05) is 28.1 Å². The predicted molar refractivity (Wildman–Crippen MR) is 126 cm³/mol. The number of amides is 1. The van der Waals surface area contributed by atoms with Gasteiger partial charge in [-0.05, 0) is 30.3 Å². The summed E-state index contributed by atoms with van der Waals surface area (Å²) in [6, 6.07) is 11.9. The summed E-state index contributed by atoms with van der Waals surface area (Å²) in [7, 11) is 1.51. The molecule has 34 heavy (non-hydrogen) atoms. The molecular weight excluding hydrogens is 487 g/mol. The minimum absolute atomic E-state index is 0.00551. The van der Waals surface area contributed by atoms with E-state index in [9.17, 15) is 18.0 Å². The molecule has 0 fully saturated rings. The second-order valence-corrected chi connectivity index (χ2v) is 8.90. The molecule has 2 aromatic carbocycles. The Labute approximate surface area is 203 Å². The van der Waals surface area contributed by atoms with Gasteiger partial charge in [-0.25, -0.2) is 4.98 Å². The topological polar surface area (TPSA) is 46.8 Å². The first-order valence-corrected chi connectivity index (χ1v) is 11.7. The van der Waals surface area contributed by atoms with Gasteiger partial charge in [0.1, 0.15) is 0 Å². The van der Waals surface area contributed by atoms with Crippen molar-refractivity contribution >= 4 is 33.8 Å². The maximum atomic E-state index is 13.1. The van der Waals surface area contributed by atoms with Crippen LogP contribution in [0.2, 0.25) is 5.02 Å². The summed E-state index contributed by atoms with van der Waals surface area (Å²) in [6.07, 6.45) is -2.08. The van der Waals surface area contributed by atoms with E-state index in [4.69, 9.17) is 16.3 Å². The van der Waals surface area contributed by atoms with E-state index in [2.05, 4.69) is 4.98 Å². The van der Waals surface area contributed by atoms with Crippen LogP contribution >= 0.6 is 22.9 Å². The van der Waals surface area contributed by atoms with E-state index in [1.165, 1.54) is 35.5 Å². The van der Waals surface area contributed by atoms with E-state index in [1.54, 1.807) is 12.1 Å². The number of halogens is 4. The molecule has 0 saturated heterocycles. The summed E-state index contributed by atoms with van der Waals surface area (Å²) in [6.45, 7) is 0.854. The number of ether oxygens (including phenoxy) is 1. The van der Waals surface area contributed by atoms with Crippen molar-refractivity contribution in [1.82, 2.24) is 14.3 Å². The molecule has 0 N–H and O–H groups in total. The van der Waals surface area contributed by atoms with E-state index in [0.717, 1.165) is 34.0 Å². The Morgan fingerprint density at radius 2 is 1.94 bits per heavy atom. The number of carbonyl (C=O) groups is 1. The van der Waals surface area contributed by atoms with Gasteiger partial charge in [-0.2, -0.15) is 13.2 Å². The van der Waals surface area contributed by atoms with Gasteiger partial charge >= 0.3 is 6.18 Å². The third-order valence-electron chi connectivity index (χ3n) is 5.35. The maximum absolute atomic E-state index is 13.1. The van der Waals surface area contributed by atoms with Crippen molar-refractivity contribution in [3.63, 3.8) is 0 Å². The second kappa shape index (κ2) is 10.2. The van der Waals surface area contributed by atoms with E-state index < -0.39 is 17.6 Å². The van der Waals surface area contributed by atoms with Crippen LogP contribution in [-0.2, 0) is 17.3 Å². The zero-order valence-corrected chi connectivity index (χ0v) is 19.8. The normalized spacial score (nSPS) is 11.8. The van der Waals surface area contributed by atoms with Gasteiger partial charge in [-0.15, -0.1) is 11.3 Å². The Kier molecular flexibility index (Phi) is 7.25. The molecule has 0 radical (unpaired) electrons. The Morgan fingerprint density at radius 1 is 1.18 bits per heavy atom. The molecule has 0 bridgehead atoms. The second-order valence-electron chi connectivity index (χ2n) is 7.63. The highest BCUT2D eigenvalue weighted by Crippen LogP contribution is 2.30. The molecular formula is C24H21ClF3N3O2S. The van der Waals surface area contributed by atoms with Crippen molar-refractivity contribution in [2.75, 3.05) is 26.8 Å². The molecule has 2 heterocycles. The zero-order valence-electron chi connectivity index (χ0n) is 18.2. The third-order valence-corrected chi connectivity index (χ3v) is 6.49. The summed E-state index contributed by atoms with van der Waals surface area (Å²) in [4.78, 5) is 20.0. The van der Waals surface area contributed by atoms with Gasteiger partial charge in [0.25, 0.3) is 5.91 Å². The highest BCUT2D eigenvalue weighted by Gasteiger charge is 2.31. The van der Waals surface area contributed by atoms with Gasteiger partial charge in [0, 0.05) is 60.0 Å². The van der Waals surface area contributed by atoms with Crippen LogP contribution in [0.4, 0.5) is 13.2 Å². The molecule has 0 aliphatic rings. The molecule has 0 saturated carbocycles. The molecule has 5 nitrogen and oxygen atoms in total. The average molecular weight is 508 g/mol. The first-order chi connectivity index (χ1) is 16.3. The highest BCUT2D eigenvalue weighted by molar-refractivity contribution is 7.15. The number of hydrogen-bond donors (Lipinski definition) is 0. The van der Waals surface area contributed by atoms with Crippen LogP contribution in [0.15, 0.2) is 60.1 Å². The summed E-state index contributed by atoms with van der Waals surface area (Å²) >= 11 is 7.45. The summed E-state index contributed by atoms with van der Waals surface area (Å²) in [5.74, 6) is -0.470. The SMILES string of the molecule is COCCN(CCc1csc2nc(-c3ccc(Cl)cc3)cn12)C(=O)c1cccc(C(F)(F)F)c1. The molecule has 4 rings (SSSR count). The van der Waals surface area contributed by atoms with Crippen molar-refractivity contribution in [1.29, 1.82) is 0 Å². The fourth-order valence-corrected chi connectivity index (χ4v) is 4.58. The molecule has 0 atom stereocenters. The minimum atomic E-state index is -4.51. The molecule has 0 aliphatic heterocycles. The lowest BCUT2D eigenvalue weighted by molar-refractivity contribution is -0.137. The number of benzene rings is 2. The number of thiazole rings is 1. The molecule has 0 spiro atoms. The van der Waals surface area contributed by atoms with E-state index in [0.29, 0.717) is 18.0 Å². The monoisotopic (exact) mass is 507 g/mol. The van der Waals surface area contributed by atoms with Gasteiger partial charge < -0.3 is 9.64 Å². The van der Waals surface area contributed by atoms with Crippen LogP contribution in [-0.4, -0.2) is 47.0 Å². The lowest BCUT2D eigenvalue weighted by Gasteiger charge is -2.23. The van der Waals surface area contributed by atoms with Crippen LogP contribution in [0.25, 0.3) is 16.2 Å². The van der Waals surface area contributed by atoms with Crippen LogP contribution in [0.3, 0.4) is 0 Å². The van der Waals surface area contributed by atoms with Crippen LogP contribution in [0.1, 0.15) is 21.6 Å². The van der Waals surface area contributed by atoms with Crippen LogP contribution in [0.5, 0.6) is 0 Å². The number of fused-ring (bicyclic) bond motifs is 1. The number of nitrogens with zero attached hydrogens (tertiary/aromatic N) is 3. The van der Waals surface area contributed by atoms with Gasteiger partial charge in [0.2, 0.25) is 0 Å². The van der Waals surface area contributed by atoms with Crippen molar-refractivity contribution < 1.29 is 22.7 Å². The lowest BCUT2D eigenvalue weighted by atomic mass is 10.1. The first kappa shape index (κ1) is 24.3. The smallest absolute Gasteiger partial charge is 0.383 e. The van der Waals surface area contributed by atoms with Crippen LogP contribution in [0, 0.1) is 0 Å². The number of alkyl halides is 3. The van der Waals surface area contributed by atoms with Crippen LogP contribution < -0.4 is 0 Å². The van der Waals surface area contributed by atoms with E-state index in [-0.39, 0.29) is 18.7 Å². The molecule has 0 unspecified atom stereocenters. The molecule has 10 heteroatoms. The largest absolute Gasteiger partial charge is 0.416 e. The molecule has 178 valence electrons. The number of aromatic nitrogens is 2. The Hall–Kier alpha value is -2.88. The molecule has 1 amide bonds. The van der Waals surface area contributed by atoms with Gasteiger partial charge in [0.05, 0.1) is 17.9 Å². The van der Waals surface area contributed by atoms with E-state index >= 15 is 0 Å². The van der Waals surface area contributed by atoms with Crippen molar-refractivity contribution in [2.24, 2.45) is 0 Å². The molecule has 4 aromatic rings. The number of methoxy groups -OCH3 is 1. The number of carbonyl (C=O) groups excluding carboxylic acids is 1. The highest BCUT2D eigenvalue weighted by atomic mass is 35.5.